The molecule has 0 aromatic carbocycles. The number of hydrogen-bond acceptors (Lipinski definition) is 5. The maximum Gasteiger partial charge on any atom is 0.304 e. The molecule has 0 bridgehead atoms. The van der Waals surface area contributed by atoms with E-state index in [2.05, 4.69) is 9.71 Å². The van der Waals surface area contributed by atoms with Gasteiger partial charge in [0.25, 0.3) is 0 Å². The number of carboxylic acids is 1. The first-order chi connectivity index (χ1) is 6.99. The lowest BCUT2D eigenvalue weighted by Crippen LogP contribution is -2.27. The van der Waals surface area contributed by atoms with E-state index < -0.39 is 28.2 Å². The molecule has 1 rings (SSSR count). The smallest absolute Gasteiger partial charge is 0.304 e. The third kappa shape index (κ3) is 4.86. The van der Waals surface area contributed by atoms with E-state index in [1.165, 1.54) is 11.3 Å². The van der Waals surface area contributed by atoms with Crippen LogP contribution in [0.4, 0.5) is 0 Å². The second-order valence-corrected chi connectivity index (χ2v) is 5.62. The second-order valence-electron chi connectivity index (χ2n) is 2.71. The van der Waals surface area contributed by atoms with Crippen molar-refractivity contribution >= 4 is 27.3 Å². The molecule has 0 fully saturated rings. The fourth-order valence-electron chi connectivity index (χ4n) is 0.806. The van der Waals surface area contributed by atoms with Crippen molar-refractivity contribution in [1.29, 1.82) is 0 Å². The van der Waals surface area contributed by atoms with Crippen molar-refractivity contribution in [2.24, 2.45) is 0 Å². The van der Waals surface area contributed by atoms with E-state index >= 15 is 0 Å². The molecule has 1 aromatic heterocycles. The van der Waals surface area contributed by atoms with Crippen LogP contribution in [0.15, 0.2) is 11.6 Å². The average molecular weight is 250 g/mol. The highest BCUT2D eigenvalue weighted by Crippen LogP contribution is 2.03. The lowest BCUT2D eigenvalue weighted by atomic mass is 10.5. The summed E-state index contributed by atoms with van der Waals surface area (Å²) in [5, 5.41) is 10.7. The Hall–Kier alpha value is -0.990. The predicted molar refractivity (Wildman–Crippen MR) is 55.0 cm³/mol. The van der Waals surface area contributed by atoms with E-state index in [-0.39, 0.29) is 6.54 Å². The summed E-state index contributed by atoms with van der Waals surface area (Å²) in [6.45, 7) is 0.111. The van der Waals surface area contributed by atoms with Crippen LogP contribution in [0.25, 0.3) is 0 Å². The van der Waals surface area contributed by atoms with Crippen LogP contribution in [0.3, 0.4) is 0 Å². The molecule has 6 nitrogen and oxygen atoms in total. The van der Waals surface area contributed by atoms with Gasteiger partial charge in [-0.1, -0.05) is 0 Å². The Morgan fingerprint density at radius 1 is 1.60 bits per heavy atom. The molecule has 0 atom stereocenters. The molecule has 0 radical (unpaired) electrons. The summed E-state index contributed by atoms with van der Waals surface area (Å²) in [6, 6.07) is 0. The summed E-state index contributed by atoms with van der Waals surface area (Å²) >= 11 is 1.33. The molecule has 0 aliphatic carbocycles. The standard InChI is InChI=1S/C7H10N2O4S2/c10-7(11)1-4-15(12,13)9-5-6-8-2-3-14-6/h2-3,9H,1,4-5H2,(H,10,11). The number of aliphatic carboxylic acids is 1. The highest BCUT2D eigenvalue weighted by molar-refractivity contribution is 7.89. The molecule has 15 heavy (non-hydrogen) atoms. The molecule has 0 saturated heterocycles. The van der Waals surface area contributed by atoms with Crippen molar-refractivity contribution in [1.82, 2.24) is 9.71 Å². The van der Waals surface area contributed by atoms with Crippen LogP contribution >= 0.6 is 11.3 Å². The maximum atomic E-state index is 11.2. The minimum absolute atomic E-state index is 0.111. The Morgan fingerprint density at radius 2 is 2.33 bits per heavy atom. The van der Waals surface area contributed by atoms with Crippen LogP contribution in [0.1, 0.15) is 11.4 Å². The van der Waals surface area contributed by atoms with E-state index in [9.17, 15) is 13.2 Å². The largest absolute Gasteiger partial charge is 0.481 e. The van der Waals surface area contributed by atoms with Crippen molar-refractivity contribution in [3.8, 4) is 0 Å². The van der Waals surface area contributed by atoms with E-state index in [1.807, 2.05) is 0 Å². The number of rotatable bonds is 6. The van der Waals surface area contributed by atoms with Gasteiger partial charge in [-0.25, -0.2) is 18.1 Å². The molecule has 0 saturated carbocycles. The number of hydrogen-bond donors (Lipinski definition) is 2. The SMILES string of the molecule is O=C(O)CCS(=O)(=O)NCc1nccs1. The molecule has 1 aromatic rings. The Balaban J connectivity index is 2.40. The Bertz CT molecular complexity index is 412. The summed E-state index contributed by atoms with van der Waals surface area (Å²) in [5.74, 6) is -1.54. The van der Waals surface area contributed by atoms with Crippen LogP contribution < -0.4 is 4.72 Å². The van der Waals surface area contributed by atoms with Gasteiger partial charge in [0, 0.05) is 11.6 Å². The van der Waals surface area contributed by atoms with Gasteiger partial charge in [0.05, 0.1) is 18.7 Å². The Kier molecular flexibility index (Phi) is 4.18. The van der Waals surface area contributed by atoms with Gasteiger partial charge < -0.3 is 5.11 Å². The molecule has 8 heteroatoms. The summed E-state index contributed by atoms with van der Waals surface area (Å²) in [4.78, 5) is 14.1. The summed E-state index contributed by atoms with van der Waals surface area (Å²) < 4.78 is 24.7. The van der Waals surface area contributed by atoms with Gasteiger partial charge >= 0.3 is 5.97 Å². The molecule has 84 valence electrons. The Labute approximate surface area is 91.0 Å². The number of aromatic nitrogens is 1. The van der Waals surface area contributed by atoms with Gasteiger partial charge in [0.15, 0.2) is 0 Å². The van der Waals surface area contributed by atoms with Crippen molar-refractivity contribution in [3.05, 3.63) is 16.6 Å². The third-order valence-electron chi connectivity index (χ3n) is 1.51. The van der Waals surface area contributed by atoms with Gasteiger partial charge in [-0.2, -0.15) is 0 Å². The van der Waals surface area contributed by atoms with Gasteiger partial charge in [0.2, 0.25) is 10.0 Å². The van der Waals surface area contributed by atoms with Crippen LogP contribution in [-0.2, 0) is 21.4 Å². The number of thiazole rings is 1. The van der Waals surface area contributed by atoms with Crippen molar-refractivity contribution in [2.75, 3.05) is 5.75 Å². The number of nitrogens with one attached hydrogen (secondary N) is 1. The minimum Gasteiger partial charge on any atom is -0.481 e. The fraction of sp³-hybridized carbons (Fsp3) is 0.429. The zero-order valence-electron chi connectivity index (χ0n) is 7.71. The molecule has 0 aliphatic heterocycles. The number of carboxylic acid groups (broad SMARTS) is 1. The minimum atomic E-state index is -3.52. The zero-order chi connectivity index (χ0) is 11.3. The molecule has 0 aliphatic rings. The lowest BCUT2D eigenvalue weighted by Gasteiger charge is -2.02. The summed E-state index contributed by atoms with van der Waals surface area (Å²) in [7, 11) is -3.52. The molecule has 0 amide bonds. The van der Waals surface area contributed by atoms with Gasteiger partial charge in [-0.15, -0.1) is 11.3 Å². The van der Waals surface area contributed by atoms with Gasteiger partial charge in [-0.3, -0.25) is 4.79 Å². The van der Waals surface area contributed by atoms with Crippen LogP contribution in [0.5, 0.6) is 0 Å². The van der Waals surface area contributed by atoms with Crippen LogP contribution in [0, 0.1) is 0 Å². The normalized spacial score (nSPS) is 11.5. The number of carbonyl (C=O) groups is 1. The zero-order valence-corrected chi connectivity index (χ0v) is 9.34. The lowest BCUT2D eigenvalue weighted by molar-refractivity contribution is -0.136. The monoisotopic (exact) mass is 250 g/mol. The average Bonchev–Trinajstić information content (AvgIpc) is 2.65. The van der Waals surface area contributed by atoms with Gasteiger partial charge in [0.1, 0.15) is 5.01 Å². The van der Waals surface area contributed by atoms with Crippen LogP contribution in [-0.4, -0.2) is 30.2 Å². The van der Waals surface area contributed by atoms with E-state index in [1.54, 1.807) is 11.6 Å². The predicted octanol–water partition coefficient (Wildman–Crippen LogP) is 0.0372. The Morgan fingerprint density at radius 3 is 2.87 bits per heavy atom. The highest BCUT2D eigenvalue weighted by atomic mass is 32.2. The second kappa shape index (κ2) is 5.19. The molecule has 0 unspecified atom stereocenters. The first kappa shape index (κ1) is 12.1. The van der Waals surface area contributed by atoms with Crippen LogP contribution in [0.2, 0.25) is 0 Å². The first-order valence-electron chi connectivity index (χ1n) is 4.07. The maximum absolute atomic E-state index is 11.2. The number of nitrogens with zero attached hydrogens (tertiary/aromatic N) is 1. The molecular weight excluding hydrogens is 240 g/mol. The van der Waals surface area contributed by atoms with Crippen molar-refractivity contribution in [2.45, 2.75) is 13.0 Å². The highest BCUT2D eigenvalue weighted by Gasteiger charge is 2.12. The van der Waals surface area contributed by atoms with Crippen molar-refractivity contribution in [3.63, 3.8) is 0 Å². The molecule has 2 N–H and O–H groups in total. The summed E-state index contributed by atoms with van der Waals surface area (Å²) in [5.41, 5.74) is 0. The van der Waals surface area contributed by atoms with E-state index in [0.29, 0.717) is 5.01 Å². The molecule has 0 spiro atoms. The number of sulfonamides is 1. The topological polar surface area (TPSA) is 96.4 Å². The summed E-state index contributed by atoms with van der Waals surface area (Å²) in [6.07, 6.45) is 1.18. The third-order valence-corrected chi connectivity index (χ3v) is 3.62. The fourth-order valence-corrected chi connectivity index (χ4v) is 2.40. The van der Waals surface area contributed by atoms with Crippen molar-refractivity contribution < 1.29 is 18.3 Å². The molecular formula is C7H10N2O4S2. The quantitative estimate of drug-likeness (QED) is 0.743. The van der Waals surface area contributed by atoms with E-state index in [0.717, 1.165) is 0 Å². The van der Waals surface area contributed by atoms with Gasteiger partial charge in [-0.05, 0) is 0 Å². The first-order valence-corrected chi connectivity index (χ1v) is 6.60. The van der Waals surface area contributed by atoms with E-state index in [4.69, 9.17) is 5.11 Å². The molecule has 1 heterocycles.